The third kappa shape index (κ3) is 5.69. The van der Waals surface area contributed by atoms with Crippen LogP contribution in [0.1, 0.15) is 69.4 Å². The molecule has 4 aromatic rings. The summed E-state index contributed by atoms with van der Waals surface area (Å²) >= 11 is 0. The van der Waals surface area contributed by atoms with Crippen molar-refractivity contribution in [2.45, 2.75) is 70.6 Å². The van der Waals surface area contributed by atoms with Gasteiger partial charge in [-0.1, -0.05) is 69.2 Å². The molecule has 4 heteroatoms. The Bertz CT molecular complexity index is 866. The third-order valence-electron chi connectivity index (χ3n) is 5.70. The quantitative estimate of drug-likeness (QED) is 0.264. The van der Waals surface area contributed by atoms with Gasteiger partial charge in [-0.25, -0.2) is 9.97 Å². The Kier molecular flexibility index (Phi) is 6.95. The standard InChI is InChI=1S/C25H32N4/c1(2-4-6-8-18-24-26-20-14-10-11-15-21(20)27-24)3-5-7-9-19-25-28-22-16-12-13-17-23(22)29-25/h10-17H,1-9,18-19H2,(H,26,27)(H,28,29). The summed E-state index contributed by atoms with van der Waals surface area (Å²) in [5, 5.41) is 0. The number of aromatic nitrogens is 4. The molecule has 0 amide bonds. The van der Waals surface area contributed by atoms with Crippen molar-refractivity contribution < 1.29 is 0 Å². The first kappa shape index (κ1) is 19.7. The molecule has 0 saturated heterocycles. The lowest BCUT2D eigenvalue weighted by atomic mass is 10.1. The number of para-hydroxylation sites is 4. The average Bonchev–Trinajstić information content (AvgIpc) is 3.35. The van der Waals surface area contributed by atoms with E-state index in [4.69, 9.17) is 0 Å². The summed E-state index contributed by atoms with van der Waals surface area (Å²) in [5.41, 5.74) is 4.48. The highest BCUT2D eigenvalue weighted by Crippen LogP contribution is 2.15. The van der Waals surface area contributed by atoms with Crippen molar-refractivity contribution in [2.75, 3.05) is 0 Å². The van der Waals surface area contributed by atoms with Gasteiger partial charge in [0.15, 0.2) is 0 Å². The fraction of sp³-hybridized carbons (Fsp3) is 0.440. The number of rotatable bonds is 12. The lowest BCUT2D eigenvalue weighted by molar-refractivity contribution is 0.555. The second-order valence-corrected chi connectivity index (χ2v) is 8.08. The normalized spacial score (nSPS) is 11.6. The first-order valence-corrected chi connectivity index (χ1v) is 11.3. The molecule has 0 aliphatic heterocycles. The maximum absolute atomic E-state index is 4.66. The maximum Gasteiger partial charge on any atom is 0.107 e. The largest absolute Gasteiger partial charge is 0.342 e. The van der Waals surface area contributed by atoms with Gasteiger partial charge >= 0.3 is 0 Å². The SMILES string of the molecule is c1ccc2[nH]c(CCCCCCCCCCCc3nc4ccccc4[nH]3)nc2c1. The zero-order valence-electron chi connectivity index (χ0n) is 17.3. The predicted octanol–water partition coefficient (Wildman–Crippen LogP) is 6.74. The Morgan fingerprint density at radius 2 is 0.862 bits per heavy atom. The Morgan fingerprint density at radius 3 is 1.28 bits per heavy atom. The van der Waals surface area contributed by atoms with Gasteiger partial charge in [0.05, 0.1) is 22.1 Å². The number of aryl methyl sites for hydroxylation is 2. The Morgan fingerprint density at radius 1 is 0.483 bits per heavy atom. The van der Waals surface area contributed by atoms with Gasteiger partial charge in [0.25, 0.3) is 0 Å². The number of H-pyrrole nitrogens is 2. The number of imidazole rings is 2. The van der Waals surface area contributed by atoms with Crippen LogP contribution in [0.25, 0.3) is 22.1 Å². The highest BCUT2D eigenvalue weighted by Gasteiger charge is 2.03. The summed E-state index contributed by atoms with van der Waals surface area (Å²) in [6.07, 6.45) is 14.0. The number of hydrogen-bond acceptors (Lipinski definition) is 2. The monoisotopic (exact) mass is 388 g/mol. The molecule has 0 fully saturated rings. The van der Waals surface area contributed by atoms with Crippen LogP contribution in [-0.4, -0.2) is 19.9 Å². The molecule has 2 heterocycles. The van der Waals surface area contributed by atoms with E-state index in [2.05, 4.69) is 56.3 Å². The second kappa shape index (κ2) is 10.2. The second-order valence-electron chi connectivity index (χ2n) is 8.08. The molecule has 2 aromatic carbocycles. The molecule has 4 nitrogen and oxygen atoms in total. The minimum Gasteiger partial charge on any atom is -0.342 e. The Labute approximate surface area is 173 Å². The number of benzene rings is 2. The van der Waals surface area contributed by atoms with Gasteiger partial charge in [-0.3, -0.25) is 0 Å². The fourth-order valence-corrected chi connectivity index (χ4v) is 4.07. The first-order chi connectivity index (χ1) is 14.4. The molecule has 0 bridgehead atoms. The van der Waals surface area contributed by atoms with E-state index in [0.717, 1.165) is 46.6 Å². The summed E-state index contributed by atoms with van der Waals surface area (Å²) in [5.74, 6) is 2.27. The van der Waals surface area contributed by atoms with E-state index in [0.29, 0.717) is 0 Å². The molecule has 2 N–H and O–H groups in total. The summed E-state index contributed by atoms with van der Waals surface area (Å²) in [6.45, 7) is 0. The van der Waals surface area contributed by atoms with Crippen molar-refractivity contribution in [1.29, 1.82) is 0 Å². The van der Waals surface area contributed by atoms with Crippen LogP contribution < -0.4 is 0 Å². The molecule has 0 aliphatic carbocycles. The highest BCUT2D eigenvalue weighted by atomic mass is 14.9. The molecule has 4 rings (SSSR count). The van der Waals surface area contributed by atoms with Crippen LogP contribution in [-0.2, 0) is 12.8 Å². The van der Waals surface area contributed by atoms with E-state index in [1.807, 2.05) is 12.1 Å². The zero-order valence-corrected chi connectivity index (χ0v) is 17.3. The number of hydrogen-bond donors (Lipinski definition) is 2. The molecule has 0 saturated carbocycles. The summed E-state index contributed by atoms with van der Waals surface area (Å²) < 4.78 is 0. The van der Waals surface area contributed by atoms with E-state index < -0.39 is 0 Å². The molecule has 0 spiro atoms. The number of nitrogens with zero attached hydrogens (tertiary/aromatic N) is 2. The van der Waals surface area contributed by atoms with Gasteiger partial charge < -0.3 is 9.97 Å². The zero-order chi connectivity index (χ0) is 19.7. The molecule has 0 radical (unpaired) electrons. The van der Waals surface area contributed by atoms with E-state index in [1.54, 1.807) is 0 Å². The fourth-order valence-electron chi connectivity index (χ4n) is 4.07. The Balaban J connectivity index is 1.000. The maximum atomic E-state index is 4.66. The molecule has 2 aromatic heterocycles. The van der Waals surface area contributed by atoms with E-state index in [-0.39, 0.29) is 0 Å². The Hall–Kier alpha value is -2.62. The molecule has 0 atom stereocenters. The lowest BCUT2D eigenvalue weighted by Crippen LogP contribution is -1.90. The average molecular weight is 389 g/mol. The number of unbranched alkanes of at least 4 members (excludes halogenated alkanes) is 8. The highest BCUT2D eigenvalue weighted by molar-refractivity contribution is 5.75. The topological polar surface area (TPSA) is 57.4 Å². The summed E-state index contributed by atoms with van der Waals surface area (Å²) in [7, 11) is 0. The molecule has 0 unspecified atom stereocenters. The van der Waals surface area contributed by atoms with E-state index >= 15 is 0 Å². The van der Waals surface area contributed by atoms with Crippen LogP contribution >= 0.6 is 0 Å². The molecular formula is C25H32N4. The van der Waals surface area contributed by atoms with Crippen LogP contribution in [0.5, 0.6) is 0 Å². The van der Waals surface area contributed by atoms with Crippen molar-refractivity contribution in [1.82, 2.24) is 19.9 Å². The van der Waals surface area contributed by atoms with Crippen molar-refractivity contribution >= 4 is 22.1 Å². The number of nitrogens with one attached hydrogen (secondary N) is 2. The molecule has 152 valence electrons. The van der Waals surface area contributed by atoms with Gasteiger partial charge in [-0.2, -0.15) is 0 Å². The predicted molar refractivity (Wildman–Crippen MR) is 121 cm³/mol. The van der Waals surface area contributed by atoms with Crippen LogP contribution in [0.2, 0.25) is 0 Å². The van der Waals surface area contributed by atoms with Crippen molar-refractivity contribution in [3.63, 3.8) is 0 Å². The minimum absolute atomic E-state index is 1.07. The first-order valence-electron chi connectivity index (χ1n) is 11.3. The number of aromatic amines is 2. The van der Waals surface area contributed by atoms with E-state index in [1.165, 1.54) is 57.8 Å². The van der Waals surface area contributed by atoms with Gasteiger partial charge in [0.1, 0.15) is 11.6 Å². The van der Waals surface area contributed by atoms with Gasteiger partial charge in [0.2, 0.25) is 0 Å². The summed E-state index contributed by atoms with van der Waals surface area (Å²) in [4.78, 5) is 16.2. The van der Waals surface area contributed by atoms with Crippen LogP contribution in [0, 0.1) is 0 Å². The molecular weight excluding hydrogens is 356 g/mol. The van der Waals surface area contributed by atoms with E-state index in [9.17, 15) is 0 Å². The van der Waals surface area contributed by atoms with Crippen LogP contribution in [0.4, 0.5) is 0 Å². The van der Waals surface area contributed by atoms with Crippen molar-refractivity contribution in [3.8, 4) is 0 Å². The number of fused-ring (bicyclic) bond motifs is 2. The molecule has 0 aliphatic rings. The van der Waals surface area contributed by atoms with Crippen LogP contribution in [0.15, 0.2) is 48.5 Å². The summed E-state index contributed by atoms with van der Waals surface area (Å²) in [6, 6.07) is 16.6. The molecule has 29 heavy (non-hydrogen) atoms. The van der Waals surface area contributed by atoms with Crippen molar-refractivity contribution in [2.24, 2.45) is 0 Å². The van der Waals surface area contributed by atoms with Gasteiger partial charge in [-0.15, -0.1) is 0 Å². The third-order valence-corrected chi connectivity index (χ3v) is 5.70. The van der Waals surface area contributed by atoms with Gasteiger partial charge in [0, 0.05) is 12.8 Å². The van der Waals surface area contributed by atoms with Crippen molar-refractivity contribution in [3.05, 3.63) is 60.2 Å². The smallest absolute Gasteiger partial charge is 0.107 e. The minimum atomic E-state index is 1.07. The van der Waals surface area contributed by atoms with Gasteiger partial charge in [-0.05, 0) is 37.1 Å². The van der Waals surface area contributed by atoms with Crippen LogP contribution in [0.3, 0.4) is 0 Å². The lowest BCUT2D eigenvalue weighted by Gasteiger charge is -2.02.